The van der Waals surface area contributed by atoms with E-state index in [0.717, 1.165) is 10.8 Å². The second-order valence-electron chi connectivity index (χ2n) is 1.53. The fourth-order valence-electron chi connectivity index (χ4n) is 0.523. The van der Waals surface area contributed by atoms with E-state index in [0.29, 0.717) is 0 Å². The molecule has 0 radical (unpaired) electrons. The zero-order valence-corrected chi connectivity index (χ0v) is 5.74. The quantitative estimate of drug-likeness (QED) is 0.485. The summed E-state index contributed by atoms with van der Waals surface area (Å²) in [7, 11) is 0. The van der Waals surface area contributed by atoms with Crippen LogP contribution < -0.4 is 0 Å². The van der Waals surface area contributed by atoms with Crippen LogP contribution in [0.25, 0.3) is 0 Å². The van der Waals surface area contributed by atoms with Crippen molar-refractivity contribution in [3.05, 3.63) is 18.3 Å². The van der Waals surface area contributed by atoms with Crippen molar-refractivity contribution in [2.75, 3.05) is 5.75 Å². The van der Waals surface area contributed by atoms with Gasteiger partial charge in [-0.2, -0.15) is 0 Å². The topological polar surface area (TPSA) is 15.8 Å². The Balaban J connectivity index is 2.41. The first-order chi connectivity index (χ1) is 4.43. The van der Waals surface area contributed by atoms with Gasteiger partial charge in [0.2, 0.25) is 0 Å². The fourth-order valence-corrected chi connectivity index (χ4v) is 1.09. The lowest BCUT2D eigenvalue weighted by Crippen LogP contribution is -1.70. The molecule has 0 aliphatic rings. The number of hydrogen-bond donors (Lipinski definition) is 1. The minimum Gasteiger partial charge on any atom is -0.356 e. The average Bonchev–Trinajstić information content (AvgIpc) is 2.34. The molecular weight excluding hydrogens is 130 g/mol. The van der Waals surface area contributed by atoms with E-state index in [9.17, 15) is 0 Å². The van der Waals surface area contributed by atoms with Crippen LogP contribution in [0.2, 0.25) is 0 Å². The van der Waals surface area contributed by atoms with E-state index in [1.807, 2.05) is 18.3 Å². The van der Waals surface area contributed by atoms with Crippen molar-refractivity contribution in [3.8, 4) is 12.3 Å². The highest BCUT2D eigenvalue weighted by Gasteiger charge is 1.87. The first-order valence-corrected chi connectivity index (χ1v) is 3.61. The van der Waals surface area contributed by atoms with E-state index in [2.05, 4.69) is 10.9 Å². The molecule has 0 atom stereocenters. The summed E-state index contributed by atoms with van der Waals surface area (Å²) in [5.41, 5.74) is 0. The third-order valence-corrected chi connectivity index (χ3v) is 1.76. The van der Waals surface area contributed by atoms with Gasteiger partial charge in [-0.05, 0) is 12.1 Å². The number of terminal acetylenes is 1. The molecule has 1 aromatic rings. The van der Waals surface area contributed by atoms with Gasteiger partial charge in [0.25, 0.3) is 0 Å². The lowest BCUT2D eigenvalue weighted by atomic mass is 10.7. The smallest absolute Gasteiger partial charge is 0.0730 e. The van der Waals surface area contributed by atoms with Crippen LogP contribution in [0, 0.1) is 12.3 Å². The van der Waals surface area contributed by atoms with Gasteiger partial charge in [0.05, 0.1) is 10.8 Å². The first-order valence-electron chi connectivity index (χ1n) is 2.63. The summed E-state index contributed by atoms with van der Waals surface area (Å²) < 4.78 is 0. The van der Waals surface area contributed by atoms with Crippen LogP contribution in [0.15, 0.2) is 23.4 Å². The number of H-pyrrole nitrogens is 1. The lowest BCUT2D eigenvalue weighted by Gasteiger charge is -1.87. The minimum absolute atomic E-state index is 0.737. The van der Waals surface area contributed by atoms with Crippen molar-refractivity contribution >= 4 is 11.8 Å². The summed E-state index contributed by atoms with van der Waals surface area (Å²) in [6, 6.07) is 3.96. The molecule has 2 heteroatoms. The van der Waals surface area contributed by atoms with E-state index in [1.165, 1.54) is 0 Å². The first kappa shape index (κ1) is 6.31. The number of thioether (sulfide) groups is 1. The molecule has 9 heavy (non-hydrogen) atoms. The SMILES string of the molecule is C#CCSc1ccc[nH]1. The largest absolute Gasteiger partial charge is 0.356 e. The fraction of sp³-hybridized carbons (Fsp3) is 0.143. The van der Waals surface area contributed by atoms with Crippen LogP contribution >= 0.6 is 11.8 Å². The van der Waals surface area contributed by atoms with Gasteiger partial charge in [-0.1, -0.05) is 17.7 Å². The maximum absolute atomic E-state index is 5.06. The molecule has 0 aliphatic heterocycles. The highest BCUT2D eigenvalue weighted by Crippen LogP contribution is 2.12. The highest BCUT2D eigenvalue weighted by atomic mass is 32.2. The van der Waals surface area contributed by atoms with Gasteiger partial charge in [0, 0.05) is 6.20 Å². The minimum atomic E-state index is 0.737. The molecule has 0 spiro atoms. The molecule has 0 amide bonds. The molecule has 1 rings (SSSR count). The van der Waals surface area contributed by atoms with Crippen molar-refractivity contribution < 1.29 is 0 Å². The van der Waals surface area contributed by atoms with Crippen molar-refractivity contribution in [3.63, 3.8) is 0 Å². The van der Waals surface area contributed by atoms with E-state index in [4.69, 9.17) is 6.42 Å². The van der Waals surface area contributed by atoms with Crippen molar-refractivity contribution in [2.45, 2.75) is 5.03 Å². The number of rotatable bonds is 2. The van der Waals surface area contributed by atoms with Gasteiger partial charge in [-0.3, -0.25) is 0 Å². The molecule has 1 nitrogen and oxygen atoms in total. The van der Waals surface area contributed by atoms with Gasteiger partial charge >= 0.3 is 0 Å². The van der Waals surface area contributed by atoms with E-state index in [-0.39, 0.29) is 0 Å². The predicted molar refractivity (Wildman–Crippen MR) is 40.3 cm³/mol. The molecule has 0 unspecified atom stereocenters. The third kappa shape index (κ3) is 1.87. The molecule has 0 aromatic carbocycles. The van der Waals surface area contributed by atoms with Crippen molar-refractivity contribution in [2.24, 2.45) is 0 Å². The zero-order valence-electron chi connectivity index (χ0n) is 4.92. The van der Waals surface area contributed by atoms with Crippen LogP contribution in [0.5, 0.6) is 0 Å². The van der Waals surface area contributed by atoms with Crippen LogP contribution in [-0.4, -0.2) is 10.7 Å². The third-order valence-electron chi connectivity index (χ3n) is 0.880. The predicted octanol–water partition coefficient (Wildman–Crippen LogP) is 1.74. The van der Waals surface area contributed by atoms with Gasteiger partial charge in [-0.15, -0.1) is 6.42 Å². The van der Waals surface area contributed by atoms with Crippen LogP contribution in [0.3, 0.4) is 0 Å². The average molecular weight is 137 g/mol. The lowest BCUT2D eigenvalue weighted by molar-refractivity contribution is 1.21. The molecule has 1 heterocycles. The standard InChI is InChI=1S/C7H7NS/c1-2-6-9-7-4-3-5-8-7/h1,3-5,8H,6H2. The van der Waals surface area contributed by atoms with Gasteiger partial charge in [-0.25, -0.2) is 0 Å². The Morgan fingerprint density at radius 2 is 2.67 bits per heavy atom. The molecule has 0 saturated heterocycles. The van der Waals surface area contributed by atoms with Gasteiger partial charge in [0.1, 0.15) is 0 Å². The second-order valence-corrected chi connectivity index (χ2v) is 2.54. The van der Waals surface area contributed by atoms with Crippen molar-refractivity contribution in [1.82, 2.24) is 4.98 Å². The Morgan fingerprint density at radius 1 is 1.78 bits per heavy atom. The monoisotopic (exact) mass is 137 g/mol. The van der Waals surface area contributed by atoms with Crippen LogP contribution in [0.4, 0.5) is 0 Å². The summed E-state index contributed by atoms with van der Waals surface area (Å²) in [4.78, 5) is 3.04. The number of nitrogens with one attached hydrogen (secondary N) is 1. The Bertz CT molecular complexity index is 195. The summed E-state index contributed by atoms with van der Waals surface area (Å²) >= 11 is 1.64. The number of aromatic amines is 1. The van der Waals surface area contributed by atoms with Gasteiger partial charge in [0.15, 0.2) is 0 Å². The normalized spacial score (nSPS) is 8.78. The Labute approximate surface area is 58.9 Å². The molecular formula is C7H7NS. The molecule has 0 fully saturated rings. The number of hydrogen-bond acceptors (Lipinski definition) is 1. The Hall–Kier alpha value is -0.810. The van der Waals surface area contributed by atoms with Crippen LogP contribution in [-0.2, 0) is 0 Å². The summed E-state index contributed by atoms with van der Waals surface area (Å²) in [6.07, 6.45) is 6.95. The molecule has 46 valence electrons. The maximum atomic E-state index is 5.06. The summed E-state index contributed by atoms with van der Waals surface area (Å²) in [6.45, 7) is 0. The maximum Gasteiger partial charge on any atom is 0.0730 e. The molecule has 0 aliphatic carbocycles. The van der Waals surface area contributed by atoms with E-state index in [1.54, 1.807) is 11.8 Å². The summed E-state index contributed by atoms with van der Waals surface area (Å²) in [5.74, 6) is 3.29. The molecule has 0 saturated carbocycles. The zero-order chi connectivity index (χ0) is 6.53. The van der Waals surface area contributed by atoms with E-state index < -0.39 is 0 Å². The molecule has 1 N–H and O–H groups in total. The van der Waals surface area contributed by atoms with Crippen molar-refractivity contribution in [1.29, 1.82) is 0 Å². The summed E-state index contributed by atoms with van der Waals surface area (Å²) in [5, 5.41) is 1.13. The molecule has 0 bridgehead atoms. The Kier molecular flexibility index (Phi) is 2.29. The van der Waals surface area contributed by atoms with Gasteiger partial charge < -0.3 is 4.98 Å². The highest BCUT2D eigenvalue weighted by molar-refractivity contribution is 7.99. The number of aromatic nitrogens is 1. The Morgan fingerprint density at radius 3 is 3.22 bits per heavy atom. The second kappa shape index (κ2) is 3.26. The van der Waals surface area contributed by atoms with E-state index >= 15 is 0 Å². The molecule has 1 aromatic heterocycles. The van der Waals surface area contributed by atoms with Crippen LogP contribution in [0.1, 0.15) is 0 Å².